The number of nitrogens with zero attached hydrogens (tertiary/aromatic N) is 2. The highest BCUT2D eigenvalue weighted by Crippen LogP contribution is 2.21. The molecule has 3 N–H and O–H groups in total. The second-order valence-electron chi connectivity index (χ2n) is 5.36. The molecule has 6 nitrogen and oxygen atoms in total. The Balaban J connectivity index is 1.83. The average molecular weight is 355 g/mol. The van der Waals surface area contributed by atoms with E-state index in [1.165, 1.54) is 6.07 Å². The summed E-state index contributed by atoms with van der Waals surface area (Å²) in [7, 11) is 0. The van der Waals surface area contributed by atoms with Crippen molar-refractivity contribution >= 4 is 40.7 Å². The molecule has 126 valence electrons. The van der Waals surface area contributed by atoms with Crippen LogP contribution in [-0.4, -0.2) is 21.0 Å². The predicted octanol–water partition coefficient (Wildman–Crippen LogP) is 4.62. The smallest absolute Gasteiger partial charge is 0.335 e. The van der Waals surface area contributed by atoms with Crippen molar-refractivity contribution in [3.8, 4) is 0 Å². The van der Waals surface area contributed by atoms with Crippen LogP contribution in [0.1, 0.15) is 16.1 Å². The lowest BCUT2D eigenvalue weighted by molar-refractivity contribution is 0.0697. The average Bonchev–Trinajstić information content (AvgIpc) is 2.57. The minimum atomic E-state index is -0.979. The van der Waals surface area contributed by atoms with E-state index in [1.54, 1.807) is 36.4 Å². The van der Waals surface area contributed by atoms with Crippen molar-refractivity contribution in [1.29, 1.82) is 0 Å². The van der Waals surface area contributed by atoms with Gasteiger partial charge in [0.25, 0.3) is 0 Å². The van der Waals surface area contributed by atoms with Crippen LogP contribution in [0.2, 0.25) is 5.02 Å². The van der Waals surface area contributed by atoms with Gasteiger partial charge in [-0.1, -0.05) is 17.7 Å². The fourth-order valence-corrected chi connectivity index (χ4v) is 2.35. The lowest BCUT2D eigenvalue weighted by Crippen LogP contribution is -2.03. The van der Waals surface area contributed by atoms with Crippen molar-refractivity contribution in [2.45, 2.75) is 6.92 Å². The summed E-state index contributed by atoms with van der Waals surface area (Å²) >= 11 is 5.88. The number of aromatic nitrogens is 2. The van der Waals surface area contributed by atoms with Crippen LogP contribution >= 0.6 is 11.6 Å². The SMILES string of the molecule is Cc1cc(Nc2cccc(C(=O)O)c2)nc(Nc2ccc(Cl)cc2)n1. The first-order chi connectivity index (χ1) is 12.0. The van der Waals surface area contributed by atoms with E-state index in [-0.39, 0.29) is 5.56 Å². The van der Waals surface area contributed by atoms with Gasteiger partial charge in [0.05, 0.1) is 5.56 Å². The Morgan fingerprint density at radius 2 is 1.76 bits per heavy atom. The zero-order valence-corrected chi connectivity index (χ0v) is 14.1. The molecule has 1 heterocycles. The van der Waals surface area contributed by atoms with E-state index < -0.39 is 5.97 Å². The Hall–Kier alpha value is -3.12. The van der Waals surface area contributed by atoms with Gasteiger partial charge in [0.1, 0.15) is 5.82 Å². The first-order valence-corrected chi connectivity index (χ1v) is 7.86. The molecule has 0 radical (unpaired) electrons. The second-order valence-corrected chi connectivity index (χ2v) is 5.80. The maximum Gasteiger partial charge on any atom is 0.335 e. The van der Waals surface area contributed by atoms with E-state index in [4.69, 9.17) is 16.7 Å². The van der Waals surface area contributed by atoms with Gasteiger partial charge in [-0.15, -0.1) is 0 Å². The van der Waals surface area contributed by atoms with Crippen molar-refractivity contribution < 1.29 is 9.90 Å². The van der Waals surface area contributed by atoms with Gasteiger partial charge in [0.15, 0.2) is 0 Å². The van der Waals surface area contributed by atoms with Crippen molar-refractivity contribution in [3.63, 3.8) is 0 Å². The van der Waals surface area contributed by atoms with Gasteiger partial charge in [0, 0.05) is 28.2 Å². The summed E-state index contributed by atoms with van der Waals surface area (Å²) < 4.78 is 0. The van der Waals surface area contributed by atoms with Crippen LogP contribution in [-0.2, 0) is 0 Å². The Morgan fingerprint density at radius 3 is 2.48 bits per heavy atom. The summed E-state index contributed by atoms with van der Waals surface area (Å²) in [6.07, 6.45) is 0. The standard InChI is InChI=1S/C18H15ClN4O2/c1-11-9-16(21-15-4-2-3-12(10-15)17(24)25)23-18(20-11)22-14-7-5-13(19)6-8-14/h2-10H,1H3,(H,24,25)(H2,20,21,22,23). The third-order valence-electron chi connectivity index (χ3n) is 3.34. The van der Waals surface area contributed by atoms with Crippen LogP contribution < -0.4 is 10.6 Å². The van der Waals surface area contributed by atoms with E-state index in [0.29, 0.717) is 22.5 Å². The number of aromatic carboxylic acids is 1. The summed E-state index contributed by atoms with van der Waals surface area (Å²) in [5.41, 5.74) is 2.42. The highest BCUT2D eigenvalue weighted by Gasteiger charge is 2.06. The monoisotopic (exact) mass is 354 g/mol. The normalized spacial score (nSPS) is 10.3. The van der Waals surface area contributed by atoms with Gasteiger partial charge in [-0.2, -0.15) is 4.98 Å². The zero-order chi connectivity index (χ0) is 17.8. The van der Waals surface area contributed by atoms with Crippen LogP contribution in [0.3, 0.4) is 0 Å². The van der Waals surface area contributed by atoms with Gasteiger partial charge >= 0.3 is 5.97 Å². The number of carbonyl (C=O) groups is 1. The summed E-state index contributed by atoms with van der Waals surface area (Å²) in [6, 6.07) is 15.5. The molecule has 0 atom stereocenters. The Labute approximate surface area is 149 Å². The molecule has 3 rings (SSSR count). The molecule has 0 saturated heterocycles. The number of hydrogen-bond acceptors (Lipinski definition) is 5. The zero-order valence-electron chi connectivity index (χ0n) is 13.3. The van der Waals surface area contributed by atoms with Gasteiger partial charge in [0.2, 0.25) is 5.95 Å². The molecule has 0 fully saturated rings. The first kappa shape index (κ1) is 16.7. The highest BCUT2D eigenvalue weighted by atomic mass is 35.5. The van der Waals surface area contributed by atoms with E-state index in [0.717, 1.165) is 11.4 Å². The van der Waals surface area contributed by atoms with E-state index in [1.807, 2.05) is 19.1 Å². The lowest BCUT2D eigenvalue weighted by Gasteiger charge is -2.10. The molecule has 25 heavy (non-hydrogen) atoms. The van der Waals surface area contributed by atoms with E-state index in [2.05, 4.69) is 20.6 Å². The molecule has 2 aromatic carbocycles. The van der Waals surface area contributed by atoms with Crippen LogP contribution in [0.15, 0.2) is 54.6 Å². The number of carboxylic acids is 1. The number of halogens is 1. The van der Waals surface area contributed by atoms with Crippen molar-refractivity contribution in [2.75, 3.05) is 10.6 Å². The topological polar surface area (TPSA) is 87.1 Å². The van der Waals surface area contributed by atoms with Crippen LogP contribution in [0.4, 0.5) is 23.1 Å². The van der Waals surface area contributed by atoms with Crippen molar-refractivity contribution in [2.24, 2.45) is 0 Å². The first-order valence-electron chi connectivity index (χ1n) is 7.48. The van der Waals surface area contributed by atoms with Crippen molar-refractivity contribution in [3.05, 3.63) is 70.9 Å². The molecule has 1 aromatic heterocycles. The molecule has 0 aliphatic carbocycles. The maximum absolute atomic E-state index is 11.1. The van der Waals surface area contributed by atoms with Crippen molar-refractivity contribution in [1.82, 2.24) is 9.97 Å². The van der Waals surface area contributed by atoms with E-state index in [9.17, 15) is 4.79 Å². The largest absolute Gasteiger partial charge is 0.478 e. The number of carboxylic acid groups (broad SMARTS) is 1. The third-order valence-corrected chi connectivity index (χ3v) is 3.59. The van der Waals surface area contributed by atoms with Crippen LogP contribution in [0.5, 0.6) is 0 Å². The maximum atomic E-state index is 11.1. The molecule has 0 aliphatic heterocycles. The molecule has 0 amide bonds. The fourth-order valence-electron chi connectivity index (χ4n) is 2.23. The number of benzene rings is 2. The minimum Gasteiger partial charge on any atom is -0.478 e. The number of aryl methyl sites for hydroxylation is 1. The molecular formula is C18H15ClN4O2. The molecule has 0 aliphatic rings. The number of nitrogens with one attached hydrogen (secondary N) is 2. The summed E-state index contributed by atoms with van der Waals surface area (Å²) in [4.78, 5) is 19.8. The van der Waals surface area contributed by atoms with Gasteiger partial charge in [-0.25, -0.2) is 9.78 Å². The quantitative estimate of drug-likeness (QED) is 0.619. The molecule has 0 spiro atoms. The molecule has 7 heteroatoms. The molecule has 0 bridgehead atoms. The number of hydrogen-bond donors (Lipinski definition) is 3. The summed E-state index contributed by atoms with van der Waals surface area (Å²) in [5, 5.41) is 15.9. The molecular weight excluding hydrogens is 340 g/mol. The molecule has 0 saturated carbocycles. The van der Waals surface area contributed by atoms with Gasteiger partial charge in [-0.05, 0) is 49.4 Å². The summed E-state index contributed by atoms with van der Waals surface area (Å²) in [6.45, 7) is 1.85. The Kier molecular flexibility index (Phi) is 4.81. The second kappa shape index (κ2) is 7.19. The summed E-state index contributed by atoms with van der Waals surface area (Å²) in [5.74, 6) is 0.0123. The Morgan fingerprint density at radius 1 is 1.00 bits per heavy atom. The lowest BCUT2D eigenvalue weighted by atomic mass is 10.2. The molecule has 3 aromatic rings. The van der Waals surface area contributed by atoms with Gasteiger partial charge < -0.3 is 15.7 Å². The third kappa shape index (κ3) is 4.45. The van der Waals surface area contributed by atoms with Crippen LogP contribution in [0, 0.1) is 6.92 Å². The minimum absolute atomic E-state index is 0.204. The van der Waals surface area contributed by atoms with Gasteiger partial charge in [-0.3, -0.25) is 0 Å². The Bertz CT molecular complexity index is 913. The van der Waals surface area contributed by atoms with Crippen LogP contribution in [0.25, 0.3) is 0 Å². The fraction of sp³-hybridized carbons (Fsp3) is 0.0556. The van der Waals surface area contributed by atoms with E-state index >= 15 is 0 Å². The predicted molar refractivity (Wildman–Crippen MR) is 98.2 cm³/mol. The number of anilines is 4. The highest BCUT2D eigenvalue weighted by molar-refractivity contribution is 6.30. The number of rotatable bonds is 5. The molecule has 0 unspecified atom stereocenters.